The number of likely N-dealkylation sites (tertiary alicyclic amines) is 2. The minimum absolute atomic E-state index is 0.0527. The summed E-state index contributed by atoms with van der Waals surface area (Å²) in [4.78, 5) is 31.9. The molecular formula is C25H28N4O2. The summed E-state index contributed by atoms with van der Waals surface area (Å²) in [5.41, 5.74) is 10.4. The van der Waals surface area contributed by atoms with Gasteiger partial charge < -0.3 is 20.5 Å². The highest BCUT2D eigenvalue weighted by molar-refractivity contribution is 5.91. The Balaban J connectivity index is 1.39. The zero-order chi connectivity index (χ0) is 21.4. The molecule has 3 amide bonds. The van der Waals surface area contributed by atoms with Gasteiger partial charge in [-0.25, -0.2) is 4.79 Å². The fourth-order valence-corrected chi connectivity index (χ4v) is 5.31. The van der Waals surface area contributed by atoms with Crippen LogP contribution in [0.4, 0.5) is 4.79 Å². The number of aromatic amines is 1. The van der Waals surface area contributed by atoms with Crippen LogP contribution in [-0.2, 0) is 4.79 Å². The Labute approximate surface area is 182 Å². The molecule has 31 heavy (non-hydrogen) atoms. The van der Waals surface area contributed by atoms with E-state index in [2.05, 4.69) is 53.5 Å². The summed E-state index contributed by atoms with van der Waals surface area (Å²) in [5.74, 6) is 0.434. The average Bonchev–Trinajstić information content (AvgIpc) is 3.45. The van der Waals surface area contributed by atoms with E-state index in [0.29, 0.717) is 32.0 Å². The predicted octanol–water partition coefficient (Wildman–Crippen LogP) is 4.08. The molecule has 1 atom stereocenters. The highest BCUT2D eigenvalue weighted by Crippen LogP contribution is 2.40. The Morgan fingerprint density at radius 1 is 0.903 bits per heavy atom. The third-order valence-electron chi connectivity index (χ3n) is 6.84. The van der Waals surface area contributed by atoms with E-state index in [1.807, 2.05) is 11.0 Å². The van der Waals surface area contributed by atoms with E-state index in [-0.39, 0.29) is 11.9 Å². The van der Waals surface area contributed by atoms with Gasteiger partial charge in [-0.2, -0.15) is 0 Å². The molecule has 2 aliphatic heterocycles. The standard InChI is InChI=1S/C25H28N4O2/c26-25(31)29-14-6-11-21(29)24(30)28-15-12-17(13-16-28)22-19-9-4-5-10-20(19)27-23(22)18-7-2-1-3-8-18/h1-5,7-10,17,21,27H,6,11-16H2,(H2,26,31)/t21-/m0/s1. The number of nitrogens with zero attached hydrogens (tertiary/aromatic N) is 2. The maximum Gasteiger partial charge on any atom is 0.315 e. The summed E-state index contributed by atoms with van der Waals surface area (Å²) in [6, 6.07) is 18.0. The molecule has 3 heterocycles. The molecule has 2 fully saturated rings. The number of carbonyl (C=O) groups excluding carboxylic acids is 2. The number of rotatable bonds is 3. The van der Waals surface area contributed by atoms with Gasteiger partial charge in [0.15, 0.2) is 0 Å². The monoisotopic (exact) mass is 416 g/mol. The van der Waals surface area contributed by atoms with Gasteiger partial charge in [-0.05, 0) is 48.8 Å². The van der Waals surface area contributed by atoms with Crippen LogP contribution in [0.15, 0.2) is 54.6 Å². The molecule has 2 aromatic carbocycles. The maximum absolute atomic E-state index is 13.1. The minimum Gasteiger partial charge on any atom is -0.354 e. The zero-order valence-electron chi connectivity index (χ0n) is 17.6. The summed E-state index contributed by atoms with van der Waals surface area (Å²) in [5, 5.41) is 1.27. The lowest BCUT2D eigenvalue weighted by Gasteiger charge is -2.35. The first-order valence-corrected chi connectivity index (χ1v) is 11.1. The van der Waals surface area contributed by atoms with Crippen molar-refractivity contribution in [2.75, 3.05) is 19.6 Å². The molecule has 0 radical (unpaired) electrons. The number of benzene rings is 2. The normalized spacial score (nSPS) is 19.8. The quantitative estimate of drug-likeness (QED) is 0.674. The van der Waals surface area contributed by atoms with Crippen LogP contribution in [0.25, 0.3) is 22.2 Å². The van der Waals surface area contributed by atoms with Gasteiger partial charge in [-0.3, -0.25) is 4.79 Å². The Morgan fingerprint density at radius 2 is 1.61 bits per heavy atom. The minimum atomic E-state index is -0.489. The number of urea groups is 1. The number of aromatic nitrogens is 1. The lowest BCUT2D eigenvalue weighted by molar-refractivity contribution is -0.136. The van der Waals surface area contributed by atoms with Crippen molar-refractivity contribution in [1.29, 1.82) is 0 Å². The third kappa shape index (κ3) is 3.56. The van der Waals surface area contributed by atoms with Crippen molar-refractivity contribution in [3.8, 4) is 11.3 Å². The molecule has 0 unspecified atom stereocenters. The molecule has 0 aliphatic carbocycles. The number of fused-ring (bicyclic) bond motifs is 1. The number of carbonyl (C=O) groups is 2. The highest BCUT2D eigenvalue weighted by atomic mass is 16.2. The van der Waals surface area contributed by atoms with Crippen LogP contribution in [0.3, 0.4) is 0 Å². The third-order valence-corrected chi connectivity index (χ3v) is 6.84. The number of para-hydroxylation sites is 1. The predicted molar refractivity (Wildman–Crippen MR) is 122 cm³/mol. The number of piperidine rings is 1. The summed E-state index contributed by atoms with van der Waals surface area (Å²) >= 11 is 0. The summed E-state index contributed by atoms with van der Waals surface area (Å²) in [6.07, 6.45) is 3.38. The topological polar surface area (TPSA) is 82.4 Å². The van der Waals surface area contributed by atoms with Crippen LogP contribution in [0.5, 0.6) is 0 Å². The fourth-order valence-electron chi connectivity index (χ4n) is 5.31. The lowest BCUT2D eigenvalue weighted by Crippen LogP contribution is -2.51. The van der Waals surface area contributed by atoms with Gasteiger partial charge in [0.05, 0.1) is 0 Å². The molecule has 6 heteroatoms. The highest BCUT2D eigenvalue weighted by Gasteiger charge is 2.37. The van der Waals surface area contributed by atoms with Crippen molar-refractivity contribution in [2.24, 2.45) is 5.73 Å². The van der Waals surface area contributed by atoms with Crippen molar-refractivity contribution in [1.82, 2.24) is 14.8 Å². The zero-order valence-corrected chi connectivity index (χ0v) is 17.6. The van der Waals surface area contributed by atoms with Crippen molar-refractivity contribution in [2.45, 2.75) is 37.6 Å². The van der Waals surface area contributed by atoms with Gasteiger partial charge in [0.2, 0.25) is 5.91 Å². The molecule has 2 aliphatic rings. The molecule has 3 aromatic rings. The van der Waals surface area contributed by atoms with Gasteiger partial charge >= 0.3 is 6.03 Å². The summed E-state index contributed by atoms with van der Waals surface area (Å²) < 4.78 is 0. The van der Waals surface area contributed by atoms with Crippen molar-refractivity contribution >= 4 is 22.8 Å². The second-order valence-electron chi connectivity index (χ2n) is 8.61. The number of hydrogen-bond donors (Lipinski definition) is 2. The van der Waals surface area contributed by atoms with Crippen LogP contribution in [-0.4, -0.2) is 52.4 Å². The fraction of sp³-hybridized carbons (Fsp3) is 0.360. The average molecular weight is 417 g/mol. The summed E-state index contributed by atoms with van der Waals surface area (Å²) in [7, 11) is 0. The van der Waals surface area contributed by atoms with E-state index < -0.39 is 6.03 Å². The second kappa shape index (κ2) is 8.10. The smallest absolute Gasteiger partial charge is 0.315 e. The Morgan fingerprint density at radius 3 is 2.35 bits per heavy atom. The molecule has 0 spiro atoms. The van der Waals surface area contributed by atoms with E-state index in [1.54, 1.807) is 0 Å². The van der Waals surface area contributed by atoms with Crippen LogP contribution in [0.2, 0.25) is 0 Å². The van der Waals surface area contributed by atoms with E-state index in [1.165, 1.54) is 27.1 Å². The molecule has 5 rings (SSSR count). The van der Waals surface area contributed by atoms with E-state index >= 15 is 0 Å². The number of H-pyrrole nitrogens is 1. The maximum atomic E-state index is 13.1. The van der Waals surface area contributed by atoms with Crippen LogP contribution >= 0.6 is 0 Å². The molecular weight excluding hydrogens is 388 g/mol. The SMILES string of the molecule is NC(=O)N1CCC[C@H]1C(=O)N1CCC(c2c(-c3ccccc3)[nH]c3ccccc23)CC1. The van der Waals surface area contributed by atoms with Gasteiger partial charge in [-0.1, -0.05) is 48.5 Å². The first-order chi connectivity index (χ1) is 15.1. The van der Waals surface area contributed by atoms with Gasteiger partial charge in [-0.15, -0.1) is 0 Å². The van der Waals surface area contributed by atoms with Crippen LogP contribution < -0.4 is 5.73 Å². The first-order valence-electron chi connectivity index (χ1n) is 11.1. The molecule has 2 saturated heterocycles. The number of nitrogens with one attached hydrogen (secondary N) is 1. The van der Waals surface area contributed by atoms with E-state index in [4.69, 9.17) is 5.73 Å². The number of nitrogens with two attached hydrogens (primary N) is 1. The Hall–Kier alpha value is -3.28. The van der Waals surface area contributed by atoms with Crippen LogP contribution in [0, 0.1) is 0 Å². The number of primary amides is 1. The molecule has 1 aromatic heterocycles. The van der Waals surface area contributed by atoms with E-state index in [9.17, 15) is 9.59 Å². The van der Waals surface area contributed by atoms with Crippen molar-refractivity contribution in [3.05, 3.63) is 60.2 Å². The number of amides is 3. The van der Waals surface area contributed by atoms with Crippen molar-refractivity contribution < 1.29 is 9.59 Å². The lowest BCUT2D eigenvalue weighted by atomic mass is 9.86. The molecule has 3 N–H and O–H groups in total. The first kappa shape index (κ1) is 19.7. The second-order valence-corrected chi connectivity index (χ2v) is 8.61. The molecule has 6 nitrogen and oxygen atoms in total. The van der Waals surface area contributed by atoms with Gasteiger partial charge in [0.25, 0.3) is 0 Å². The largest absolute Gasteiger partial charge is 0.354 e. The molecule has 0 bridgehead atoms. The Kier molecular flexibility index (Phi) is 5.14. The summed E-state index contributed by atoms with van der Waals surface area (Å²) in [6.45, 7) is 2.00. The molecule has 160 valence electrons. The number of hydrogen-bond acceptors (Lipinski definition) is 2. The Bertz CT molecular complexity index is 1100. The molecule has 0 saturated carbocycles. The van der Waals surface area contributed by atoms with E-state index in [0.717, 1.165) is 24.8 Å². The van der Waals surface area contributed by atoms with Gasteiger partial charge in [0, 0.05) is 36.2 Å². The van der Waals surface area contributed by atoms with Crippen LogP contribution in [0.1, 0.15) is 37.2 Å². The van der Waals surface area contributed by atoms with Gasteiger partial charge in [0.1, 0.15) is 6.04 Å². The van der Waals surface area contributed by atoms with Crippen molar-refractivity contribution in [3.63, 3.8) is 0 Å².